The Balaban J connectivity index is 1.74. The van der Waals surface area contributed by atoms with Gasteiger partial charge >= 0.3 is 0 Å². The predicted molar refractivity (Wildman–Crippen MR) is 117 cm³/mol. The van der Waals surface area contributed by atoms with Crippen LogP contribution in [0.1, 0.15) is 36.8 Å². The second kappa shape index (κ2) is 13.5. The van der Waals surface area contributed by atoms with Gasteiger partial charge in [-0.05, 0) is 73.9 Å². The summed E-state index contributed by atoms with van der Waals surface area (Å²) in [5.41, 5.74) is 2.38. The number of benzene rings is 2. The summed E-state index contributed by atoms with van der Waals surface area (Å²) < 4.78 is 16.3. The first-order valence-electron chi connectivity index (χ1n) is 10.5. The number of amides is 1. The predicted octanol–water partition coefficient (Wildman–Crippen LogP) is 3.54. The number of carbonyl (C=O) groups is 1. The Bertz CT molecular complexity index is 778. The second-order valence-corrected chi connectivity index (χ2v) is 7.11. The van der Waals surface area contributed by atoms with Gasteiger partial charge in [0.2, 0.25) is 0 Å². The maximum Gasteiger partial charge on any atom is 0.257 e. The molecular weight excluding hydrogens is 382 g/mol. The van der Waals surface area contributed by atoms with Gasteiger partial charge in [0.25, 0.3) is 5.91 Å². The van der Waals surface area contributed by atoms with E-state index in [1.165, 1.54) is 11.1 Å². The third-order valence-electron chi connectivity index (χ3n) is 4.80. The molecule has 0 aliphatic rings. The van der Waals surface area contributed by atoms with Gasteiger partial charge < -0.3 is 24.6 Å². The van der Waals surface area contributed by atoms with E-state index in [2.05, 4.69) is 17.4 Å². The molecule has 0 fully saturated rings. The molecule has 0 bridgehead atoms. The smallest absolute Gasteiger partial charge is 0.257 e. The van der Waals surface area contributed by atoms with Crippen LogP contribution < -0.4 is 19.5 Å². The first-order chi connectivity index (χ1) is 14.7. The zero-order chi connectivity index (χ0) is 21.6. The average Bonchev–Trinajstić information content (AvgIpc) is 2.77. The lowest BCUT2D eigenvalue weighted by Gasteiger charge is -2.10. The Hall–Kier alpha value is -2.73. The van der Waals surface area contributed by atoms with Crippen molar-refractivity contribution in [2.75, 3.05) is 34.0 Å². The average molecular weight is 416 g/mol. The summed E-state index contributed by atoms with van der Waals surface area (Å²) in [4.78, 5) is 11.9. The molecule has 2 aromatic carbocycles. The van der Waals surface area contributed by atoms with Crippen molar-refractivity contribution in [2.24, 2.45) is 0 Å². The van der Waals surface area contributed by atoms with Gasteiger partial charge in [-0.2, -0.15) is 0 Å². The fourth-order valence-corrected chi connectivity index (χ4v) is 3.16. The number of nitrogens with one attached hydrogen (secondary N) is 1. The molecule has 6 nitrogen and oxygen atoms in total. The molecule has 0 saturated carbocycles. The Morgan fingerprint density at radius 2 is 1.67 bits per heavy atom. The van der Waals surface area contributed by atoms with E-state index < -0.39 is 0 Å². The number of aliphatic hydroxyl groups excluding tert-OH is 1. The van der Waals surface area contributed by atoms with E-state index in [1.807, 2.05) is 30.3 Å². The molecule has 2 rings (SSSR count). The SMILES string of the molecule is COc1ccc(CCCc2cccc(OCC(=O)NCCCCCO)c2)cc1OC. The molecule has 0 radical (unpaired) electrons. The number of aliphatic hydroxyl groups is 1. The molecule has 0 aromatic heterocycles. The maximum absolute atomic E-state index is 11.9. The van der Waals surface area contributed by atoms with Crippen LogP contribution in [-0.2, 0) is 17.6 Å². The number of unbranched alkanes of at least 4 members (excludes halogenated alkanes) is 2. The number of hydrogen-bond acceptors (Lipinski definition) is 5. The highest BCUT2D eigenvalue weighted by Gasteiger charge is 2.06. The lowest BCUT2D eigenvalue weighted by molar-refractivity contribution is -0.123. The summed E-state index contributed by atoms with van der Waals surface area (Å²) in [7, 11) is 3.28. The van der Waals surface area contributed by atoms with Crippen molar-refractivity contribution in [2.45, 2.75) is 38.5 Å². The molecule has 0 atom stereocenters. The van der Waals surface area contributed by atoms with E-state index in [-0.39, 0.29) is 19.1 Å². The summed E-state index contributed by atoms with van der Waals surface area (Å²) in [5.74, 6) is 2.06. The number of aryl methyl sites for hydroxylation is 2. The van der Waals surface area contributed by atoms with Crippen molar-refractivity contribution in [3.05, 3.63) is 53.6 Å². The molecule has 0 aliphatic heterocycles. The molecule has 164 valence electrons. The molecule has 2 aromatic rings. The summed E-state index contributed by atoms with van der Waals surface area (Å²) in [5, 5.41) is 11.6. The first kappa shape index (κ1) is 23.5. The van der Waals surface area contributed by atoms with Crippen LogP contribution in [0, 0.1) is 0 Å². The van der Waals surface area contributed by atoms with E-state index in [0.29, 0.717) is 12.3 Å². The monoisotopic (exact) mass is 415 g/mol. The highest BCUT2D eigenvalue weighted by atomic mass is 16.5. The third kappa shape index (κ3) is 8.33. The van der Waals surface area contributed by atoms with Gasteiger partial charge in [-0.15, -0.1) is 0 Å². The maximum atomic E-state index is 11.9. The van der Waals surface area contributed by atoms with Crippen molar-refractivity contribution >= 4 is 5.91 Å². The molecule has 1 amide bonds. The fourth-order valence-electron chi connectivity index (χ4n) is 3.16. The number of carbonyl (C=O) groups excluding carboxylic acids is 1. The zero-order valence-electron chi connectivity index (χ0n) is 18.0. The summed E-state index contributed by atoms with van der Waals surface area (Å²) >= 11 is 0. The lowest BCUT2D eigenvalue weighted by atomic mass is 10.0. The van der Waals surface area contributed by atoms with Crippen LogP contribution in [0.5, 0.6) is 17.2 Å². The quantitative estimate of drug-likeness (QED) is 0.462. The standard InChI is InChI=1S/C24H33NO5/c1-28-22-13-12-20(17-23(22)29-2)9-6-8-19-10-7-11-21(16-19)30-18-24(27)25-14-4-3-5-15-26/h7,10-13,16-17,26H,3-6,8-9,14-15,18H2,1-2H3,(H,25,27). The Labute approximate surface area is 179 Å². The van der Waals surface area contributed by atoms with Gasteiger partial charge in [-0.3, -0.25) is 4.79 Å². The Morgan fingerprint density at radius 3 is 2.40 bits per heavy atom. The minimum atomic E-state index is -0.127. The van der Waals surface area contributed by atoms with Gasteiger partial charge in [-0.25, -0.2) is 0 Å². The van der Waals surface area contributed by atoms with Gasteiger partial charge in [0.15, 0.2) is 18.1 Å². The van der Waals surface area contributed by atoms with Crippen LogP contribution in [-0.4, -0.2) is 45.0 Å². The van der Waals surface area contributed by atoms with Gasteiger partial charge in [0, 0.05) is 13.2 Å². The van der Waals surface area contributed by atoms with Crippen LogP contribution in [0.4, 0.5) is 0 Å². The fraction of sp³-hybridized carbons (Fsp3) is 0.458. The minimum absolute atomic E-state index is 0.00902. The summed E-state index contributed by atoms with van der Waals surface area (Å²) in [6.45, 7) is 0.815. The van der Waals surface area contributed by atoms with Crippen LogP contribution >= 0.6 is 0 Å². The van der Waals surface area contributed by atoms with Crippen molar-refractivity contribution in [1.29, 1.82) is 0 Å². The minimum Gasteiger partial charge on any atom is -0.493 e. The number of ether oxygens (including phenoxy) is 3. The summed E-state index contributed by atoms with van der Waals surface area (Å²) in [6, 6.07) is 13.9. The van der Waals surface area contributed by atoms with Crippen LogP contribution in [0.15, 0.2) is 42.5 Å². The van der Waals surface area contributed by atoms with Crippen LogP contribution in [0.2, 0.25) is 0 Å². The molecular formula is C24H33NO5. The lowest BCUT2D eigenvalue weighted by Crippen LogP contribution is -2.29. The number of methoxy groups -OCH3 is 2. The normalized spacial score (nSPS) is 10.5. The number of hydrogen-bond donors (Lipinski definition) is 2. The van der Waals surface area contributed by atoms with E-state index in [0.717, 1.165) is 50.0 Å². The van der Waals surface area contributed by atoms with Gasteiger partial charge in [0.1, 0.15) is 5.75 Å². The topological polar surface area (TPSA) is 77.0 Å². The van der Waals surface area contributed by atoms with E-state index in [1.54, 1.807) is 14.2 Å². The summed E-state index contributed by atoms with van der Waals surface area (Å²) in [6.07, 6.45) is 5.38. The van der Waals surface area contributed by atoms with Crippen molar-refractivity contribution < 1.29 is 24.1 Å². The molecule has 2 N–H and O–H groups in total. The molecule has 6 heteroatoms. The molecule has 0 saturated heterocycles. The zero-order valence-corrected chi connectivity index (χ0v) is 18.0. The van der Waals surface area contributed by atoms with Crippen LogP contribution in [0.25, 0.3) is 0 Å². The van der Waals surface area contributed by atoms with E-state index in [9.17, 15) is 4.79 Å². The second-order valence-electron chi connectivity index (χ2n) is 7.11. The molecule has 30 heavy (non-hydrogen) atoms. The van der Waals surface area contributed by atoms with Crippen molar-refractivity contribution in [3.8, 4) is 17.2 Å². The van der Waals surface area contributed by atoms with E-state index in [4.69, 9.17) is 19.3 Å². The Morgan fingerprint density at radius 1 is 0.900 bits per heavy atom. The van der Waals surface area contributed by atoms with Gasteiger partial charge in [0.05, 0.1) is 14.2 Å². The van der Waals surface area contributed by atoms with Crippen molar-refractivity contribution in [3.63, 3.8) is 0 Å². The largest absolute Gasteiger partial charge is 0.493 e. The highest BCUT2D eigenvalue weighted by Crippen LogP contribution is 2.28. The molecule has 0 unspecified atom stereocenters. The van der Waals surface area contributed by atoms with Crippen molar-refractivity contribution in [1.82, 2.24) is 5.32 Å². The third-order valence-corrected chi connectivity index (χ3v) is 4.80. The number of rotatable bonds is 14. The molecule has 0 heterocycles. The first-order valence-corrected chi connectivity index (χ1v) is 10.5. The van der Waals surface area contributed by atoms with E-state index >= 15 is 0 Å². The van der Waals surface area contributed by atoms with Crippen LogP contribution in [0.3, 0.4) is 0 Å². The Kier molecular flexibility index (Phi) is 10.6. The van der Waals surface area contributed by atoms with Gasteiger partial charge in [-0.1, -0.05) is 18.2 Å². The molecule has 0 aliphatic carbocycles. The highest BCUT2D eigenvalue weighted by molar-refractivity contribution is 5.77. The molecule has 0 spiro atoms.